The summed E-state index contributed by atoms with van der Waals surface area (Å²) >= 11 is 0. The van der Waals surface area contributed by atoms with E-state index in [0.29, 0.717) is 6.61 Å². The molecule has 0 rings (SSSR count). The van der Waals surface area contributed by atoms with Crippen LogP contribution in [0, 0.1) is 0 Å². The van der Waals surface area contributed by atoms with E-state index in [1.807, 2.05) is 0 Å². The first-order valence-corrected chi connectivity index (χ1v) is 4.14. The Kier molecular flexibility index (Phi) is 5.41. The molecular formula is C8H17NO4. The summed E-state index contributed by atoms with van der Waals surface area (Å²) in [5, 5.41) is 12.0. The van der Waals surface area contributed by atoms with Crippen molar-refractivity contribution < 1.29 is 19.4 Å². The molecule has 5 nitrogen and oxygen atoms in total. The number of alkyl carbamates (subject to hydrolysis) is 1. The van der Waals surface area contributed by atoms with Gasteiger partial charge in [-0.15, -0.1) is 0 Å². The SMILES string of the molecule is CCOC(=O)NC[C@@](C)(O)COC. The molecule has 0 aliphatic heterocycles. The fourth-order valence-corrected chi connectivity index (χ4v) is 0.807. The molecule has 0 aromatic rings. The summed E-state index contributed by atoms with van der Waals surface area (Å²) in [6.07, 6.45) is -0.529. The van der Waals surface area contributed by atoms with Gasteiger partial charge in [0.05, 0.1) is 19.8 Å². The lowest BCUT2D eigenvalue weighted by Crippen LogP contribution is -2.43. The number of amides is 1. The molecule has 0 bridgehead atoms. The molecule has 0 saturated carbocycles. The second kappa shape index (κ2) is 5.77. The maximum atomic E-state index is 10.8. The van der Waals surface area contributed by atoms with Crippen molar-refractivity contribution >= 4 is 6.09 Å². The molecule has 0 aromatic heterocycles. The summed E-state index contributed by atoms with van der Waals surface area (Å²) in [4.78, 5) is 10.8. The largest absolute Gasteiger partial charge is 0.450 e. The lowest BCUT2D eigenvalue weighted by Gasteiger charge is -2.22. The predicted octanol–water partition coefficient (Wildman–Crippen LogP) is 0.130. The highest BCUT2D eigenvalue weighted by atomic mass is 16.5. The zero-order chi connectivity index (χ0) is 10.3. The third kappa shape index (κ3) is 6.36. The van der Waals surface area contributed by atoms with Gasteiger partial charge >= 0.3 is 6.09 Å². The molecule has 0 unspecified atom stereocenters. The Morgan fingerprint density at radius 3 is 2.69 bits per heavy atom. The fourth-order valence-electron chi connectivity index (χ4n) is 0.807. The first kappa shape index (κ1) is 12.2. The lowest BCUT2D eigenvalue weighted by atomic mass is 10.1. The number of carbonyl (C=O) groups excluding carboxylic acids is 1. The van der Waals surface area contributed by atoms with Crippen molar-refractivity contribution in [3.63, 3.8) is 0 Å². The Bertz CT molecular complexity index is 158. The van der Waals surface area contributed by atoms with Gasteiger partial charge in [0.2, 0.25) is 0 Å². The van der Waals surface area contributed by atoms with Gasteiger partial charge in [0.15, 0.2) is 0 Å². The standard InChI is InChI=1S/C8H17NO4/c1-4-13-7(10)9-5-8(2,11)6-12-3/h11H,4-6H2,1-3H3,(H,9,10)/t8-/m1/s1. The van der Waals surface area contributed by atoms with E-state index in [9.17, 15) is 9.90 Å². The zero-order valence-corrected chi connectivity index (χ0v) is 8.29. The molecule has 0 aromatic carbocycles. The highest BCUT2D eigenvalue weighted by Crippen LogP contribution is 2.00. The molecule has 0 aliphatic rings. The van der Waals surface area contributed by atoms with Crippen LogP contribution >= 0.6 is 0 Å². The third-order valence-electron chi connectivity index (χ3n) is 1.34. The predicted molar refractivity (Wildman–Crippen MR) is 47.5 cm³/mol. The van der Waals surface area contributed by atoms with E-state index in [0.717, 1.165) is 0 Å². The van der Waals surface area contributed by atoms with Crippen LogP contribution in [-0.4, -0.2) is 43.7 Å². The molecular weight excluding hydrogens is 174 g/mol. The number of ether oxygens (including phenoxy) is 2. The monoisotopic (exact) mass is 191 g/mol. The Labute approximate surface area is 78.0 Å². The average Bonchev–Trinajstić information content (AvgIpc) is 2.02. The van der Waals surface area contributed by atoms with E-state index >= 15 is 0 Å². The maximum Gasteiger partial charge on any atom is 0.407 e. The zero-order valence-electron chi connectivity index (χ0n) is 8.29. The van der Waals surface area contributed by atoms with Gasteiger partial charge in [-0.2, -0.15) is 0 Å². The van der Waals surface area contributed by atoms with Crippen molar-refractivity contribution in [2.75, 3.05) is 26.9 Å². The van der Waals surface area contributed by atoms with Crippen LogP contribution in [0.3, 0.4) is 0 Å². The van der Waals surface area contributed by atoms with Crippen LogP contribution in [0.25, 0.3) is 0 Å². The van der Waals surface area contributed by atoms with Crippen LogP contribution in [0.2, 0.25) is 0 Å². The second-order valence-corrected chi connectivity index (χ2v) is 3.00. The number of methoxy groups -OCH3 is 1. The van der Waals surface area contributed by atoms with Gasteiger partial charge in [-0.25, -0.2) is 4.79 Å². The molecule has 78 valence electrons. The van der Waals surface area contributed by atoms with Crippen molar-refractivity contribution in [2.45, 2.75) is 19.4 Å². The maximum absolute atomic E-state index is 10.8. The van der Waals surface area contributed by atoms with Crippen LogP contribution in [0.4, 0.5) is 4.79 Å². The molecule has 0 aliphatic carbocycles. The summed E-state index contributed by atoms with van der Waals surface area (Å²) < 4.78 is 9.37. The van der Waals surface area contributed by atoms with Crippen LogP contribution < -0.4 is 5.32 Å². The number of aliphatic hydroxyl groups is 1. The molecule has 5 heteroatoms. The van der Waals surface area contributed by atoms with Crippen molar-refractivity contribution in [3.05, 3.63) is 0 Å². The summed E-state index contributed by atoms with van der Waals surface area (Å²) in [5.41, 5.74) is -1.05. The third-order valence-corrected chi connectivity index (χ3v) is 1.34. The molecule has 1 atom stereocenters. The highest BCUT2D eigenvalue weighted by molar-refractivity contribution is 5.67. The van der Waals surface area contributed by atoms with Gasteiger partial charge in [-0.1, -0.05) is 0 Å². The minimum atomic E-state index is -1.05. The average molecular weight is 191 g/mol. The van der Waals surface area contributed by atoms with Gasteiger partial charge in [0.25, 0.3) is 0 Å². The van der Waals surface area contributed by atoms with E-state index in [1.165, 1.54) is 7.11 Å². The fraction of sp³-hybridized carbons (Fsp3) is 0.875. The van der Waals surface area contributed by atoms with Crippen LogP contribution in [0.5, 0.6) is 0 Å². The number of hydrogen-bond donors (Lipinski definition) is 2. The molecule has 0 spiro atoms. The van der Waals surface area contributed by atoms with Gasteiger partial charge in [-0.05, 0) is 13.8 Å². The smallest absolute Gasteiger partial charge is 0.407 e. The van der Waals surface area contributed by atoms with Crippen molar-refractivity contribution in [2.24, 2.45) is 0 Å². The Balaban J connectivity index is 3.67. The van der Waals surface area contributed by atoms with Crippen molar-refractivity contribution in [1.82, 2.24) is 5.32 Å². The molecule has 13 heavy (non-hydrogen) atoms. The van der Waals surface area contributed by atoms with Crippen molar-refractivity contribution in [3.8, 4) is 0 Å². The van der Waals surface area contributed by atoms with Gasteiger partial charge < -0.3 is 19.9 Å². The lowest BCUT2D eigenvalue weighted by molar-refractivity contribution is -0.0153. The normalized spacial score (nSPS) is 14.8. The van der Waals surface area contributed by atoms with Gasteiger partial charge in [0.1, 0.15) is 5.60 Å². The van der Waals surface area contributed by atoms with Crippen LogP contribution in [-0.2, 0) is 9.47 Å². The first-order chi connectivity index (χ1) is 6.02. The Hall–Kier alpha value is -0.810. The summed E-state index contributed by atoms with van der Waals surface area (Å²) in [7, 11) is 1.48. The highest BCUT2D eigenvalue weighted by Gasteiger charge is 2.20. The quantitative estimate of drug-likeness (QED) is 0.648. The molecule has 0 fully saturated rings. The van der Waals surface area contributed by atoms with Crippen molar-refractivity contribution in [1.29, 1.82) is 0 Å². The van der Waals surface area contributed by atoms with E-state index < -0.39 is 11.7 Å². The van der Waals surface area contributed by atoms with Crippen LogP contribution in [0.15, 0.2) is 0 Å². The van der Waals surface area contributed by atoms with E-state index in [2.05, 4.69) is 10.1 Å². The van der Waals surface area contributed by atoms with Gasteiger partial charge in [-0.3, -0.25) is 0 Å². The number of nitrogens with one attached hydrogen (secondary N) is 1. The van der Waals surface area contributed by atoms with E-state index in [4.69, 9.17) is 4.74 Å². The minimum absolute atomic E-state index is 0.111. The minimum Gasteiger partial charge on any atom is -0.450 e. The summed E-state index contributed by atoms with van der Waals surface area (Å²) in [5.74, 6) is 0. The molecule has 0 heterocycles. The summed E-state index contributed by atoms with van der Waals surface area (Å²) in [6.45, 7) is 3.88. The molecule has 1 amide bonds. The summed E-state index contributed by atoms with van der Waals surface area (Å²) in [6, 6.07) is 0. The molecule has 2 N–H and O–H groups in total. The number of carbonyl (C=O) groups is 1. The number of hydrogen-bond acceptors (Lipinski definition) is 4. The van der Waals surface area contributed by atoms with Gasteiger partial charge in [0, 0.05) is 7.11 Å². The Morgan fingerprint density at radius 1 is 1.62 bits per heavy atom. The van der Waals surface area contributed by atoms with E-state index in [-0.39, 0.29) is 13.2 Å². The molecule has 0 saturated heterocycles. The van der Waals surface area contributed by atoms with Crippen LogP contribution in [0.1, 0.15) is 13.8 Å². The van der Waals surface area contributed by atoms with E-state index in [1.54, 1.807) is 13.8 Å². The topological polar surface area (TPSA) is 67.8 Å². The second-order valence-electron chi connectivity index (χ2n) is 3.00. The Morgan fingerprint density at radius 2 is 2.23 bits per heavy atom. The first-order valence-electron chi connectivity index (χ1n) is 4.14. The number of rotatable bonds is 5. The molecule has 0 radical (unpaired) electrons.